The third kappa shape index (κ3) is 4.78. The molecule has 0 saturated carbocycles. The number of rotatable bonds is 3. The number of nitrogen functional groups attached to an aromatic ring is 1. The molecule has 3 N–H and O–H groups in total. The van der Waals surface area contributed by atoms with E-state index in [1.807, 2.05) is 27.7 Å². The van der Waals surface area contributed by atoms with E-state index in [1.165, 1.54) is 18.2 Å². The highest BCUT2D eigenvalue weighted by Gasteiger charge is 2.32. The molecule has 1 fully saturated rings. The van der Waals surface area contributed by atoms with Crippen molar-refractivity contribution in [1.29, 1.82) is 0 Å². The van der Waals surface area contributed by atoms with Gasteiger partial charge in [0.15, 0.2) is 11.3 Å². The van der Waals surface area contributed by atoms with E-state index >= 15 is 0 Å². The van der Waals surface area contributed by atoms with Crippen molar-refractivity contribution < 1.29 is 23.1 Å². The van der Waals surface area contributed by atoms with Crippen molar-refractivity contribution in [2.75, 3.05) is 24.1 Å². The normalized spacial score (nSPS) is 16.4. The van der Waals surface area contributed by atoms with E-state index in [1.54, 1.807) is 15.8 Å². The van der Waals surface area contributed by atoms with Crippen LogP contribution >= 0.6 is 0 Å². The molecule has 3 aromatic heterocycles. The van der Waals surface area contributed by atoms with Gasteiger partial charge in [-0.3, -0.25) is 14.8 Å². The summed E-state index contributed by atoms with van der Waals surface area (Å²) in [6.07, 6.45) is 2.72. The average molecular weight is 510 g/mol. The Morgan fingerprint density at radius 3 is 2.84 bits per heavy atom. The Balaban J connectivity index is 1.49. The van der Waals surface area contributed by atoms with Gasteiger partial charge in [0, 0.05) is 25.4 Å². The zero-order valence-corrected chi connectivity index (χ0v) is 21.0. The molecule has 1 aliphatic rings. The van der Waals surface area contributed by atoms with E-state index in [0.29, 0.717) is 29.6 Å². The number of nitrogens with two attached hydrogens (primary N) is 1. The molecule has 0 spiro atoms. The van der Waals surface area contributed by atoms with Crippen molar-refractivity contribution in [3.8, 4) is 0 Å². The van der Waals surface area contributed by atoms with Gasteiger partial charge in [0.25, 0.3) is 5.91 Å². The fourth-order valence-corrected chi connectivity index (χ4v) is 4.53. The number of likely N-dealkylation sites (tertiary alicyclic amines) is 1. The predicted molar refractivity (Wildman–Crippen MR) is 135 cm³/mol. The quantitative estimate of drug-likeness (QED) is 0.413. The molecular weight excluding hydrogens is 481 g/mol. The number of hydrogen-bond acceptors (Lipinski definition) is 8. The van der Waals surface area contributed by atoms with Crippen molar-refractivity contribution in [3.63, 3.8) is 0 Å². The van der Waals surface area contributed by atoms with Crippen LogP contribution in [0.1, 0.15) is 55.7 Å². The highest BCUT2D eigenvalue weighted by molar-refractivity contribution is 6.13. The molecule has 1 aromatic carbocycles. The largest absolute Gasteiger partial charge is 0.444 e. The maximum atomic E-state index is 13.5. The summed E-state index contributed by atoms with van der Waals surface area (Å²) >= 11 is 0. The lowest BCUT2D eigenvalue weighted by molar-refractivity contribution is 0.0169. The second-order valence-electron chi connectivity index (χ2n) is 10.2. The molecule has 194 valence electrons. The minimum atomic E-state index is -0.610. The van der Waals surface area contributed by atoms with E-state index in [2.05, 4.69) is 20.4 Å². The van der Waals surface area contributed by atoms with Gasteiger partial charge in [-0.25, -0.2) is 14.2 Å². The number of anilines is 2. The third-order valence-corrected chi connectivity index (χ3v) is 6.12. The predicted octanol–water partition coefficient (Wildman–Crippen LogP) is 4.43. The molecule has 11 nitrogen and oxygen atoms in total. The van der Waals surface area contributed by atoms with E-state index < -0.39 is 23.4 Å². The lowest BCUT2D eigenvalue weighted by atomic mass is 10.1. The van der Waals surface area contributed by atoms with Gasteiger partial charge in [0.2, 0.25) is 0 Å². The van der Waals surface area contributed by atoms with Crippen molar-refractivity contribution in [1.82, 2.24) is 24.6 Å². The summed E-state index contributed by atoms with van der Waals surface area (Å²) in [5.74, 6) is -0.920. The van der Waals surface area contributed by atoms with Crippen molar-refractivity contribution in [2.24, 2.45) is 0 Å². The molecule has 4 aromatic rings. The molecule has 1 aliphatic heterocycles. The lowest BCUT2D eigenvalue weighted by Gasteiger charge is -2.34. The Morgan fingerprint density at radius 1 is 1.30 bits per heavy atom. The number of benzene rings is 1. The van der Waals surface area contributed by atoms with Crippen molar-refractivity contribution in [3.05, 3.63) is 41.5 Å². The molecule has 0 aliphatic carbocycles. The molecule has 1 saturated heterocycles. The third-order valence-electron chi connectivity index (χ3n) is 6.12. The van der Waals surface area contributed by atoms with Crippen LogP contribution in [0.5, 0.6) is 0 Å². The number of fused-ring (bicyclic) bond motifs is 2. The van der Waals surface area contributed by atoms with Crippen molar-refractivity contribution >= 4 is 45.8 Å². The number of carbonyl (C=O) groups is 2. The fourth-order valence-electron chi connectivity index (χ4n) is 4.53. The summed E-state index contributed by atoms with van der Waals surface area (Å²) in [5.41, 5.74) is 7.69. The Morgan fingerprint density at radius 2 is 2.08 bits per heavy atom. The molecule has 12 heteroatoms. The summed E-state index contributed by atoms with van der Waals surface area (Å²) in [6.45, 7) is 8.27. The maximum Gasteiger partial charge on any atom is 0.410 e. The van der Waals surface area contributed by atoms with Crippen LogP contribution in [-0.4, -0.2) is 55.3 Å². The number of piperidine rings is 1. The van der Waals surface area contributed by atoms with Crippen molar-refractivity contribution in [2.45, 2.75) is 52.2 Å². The molecule has 0 radical (unpaired) electrons. The number of carbonyl (C=O) groups excluding carboxylic acids is 2. The van der Waals surface area contributed by atoms with Gasteiger partial charge in [-0.05, 0) is 58.2 Å². The molecule has 2 amide bonds. The van der Waals surface area contributed by atoms with E-state index in [4.69, 9.17) is 14.9 Å². The first-order valence-electron chi connectivity index (χ1n) is 12.0. The first kappa shape index (κ1) is 24.5. The average Bonchev–Trinajstić information content (AvgIpc) is 3.42. The summed E-state index contributed by atoms with van der Waals surface area (Å²) in [4.78, 5) is 36.1. The second kappa shape index (κ2) is 9.02. The summed E-state index contributed by atoms with van der Waals surface area (Å²) in [5, 5.41) is 7.63. The van der Waals surface area contributed by atoms with Crippen LogP contribution in [0.4, 0.5) is 21.0 Å². The highest BCUT2D eigenvalue weighted by atomic mass is 19.1. The van der Waals surface area contributed by atoms with Gasteiger partial charge in [-0.2, -0.15) is 10.1 Å². The Bertz CT molecular complexity index is 1520. The zero-order valence-electron chi connectivity index (χ0n) is 21.0. The molecule has 0 bridgehead atoms. The van der Waals surface area contributed by atoms with Gasteiger partial charge < -0.3 is 19.8 Å². The summed E-state index contributed by atoms with van der Waals surface area (Å²) in [6, 6.07) is 3.58. The summed E-state index contributed by atoms with van der Waals surface area (Å²) in [7, 11) is 0. The SMILES string of the molecule is Cc1cnc(N)c2c(C(=O)Nc3nc4cc(F)ccc4o3)nn([C@@H]3CCCN(C(=O)OC(C)(C)C)C3)c12. The number of aromatic nitrogens is 4. The van der Waals surface area contributed by atoms with Crippen LogP contribution in [0.15, 0.2) is 28.8 Å². The number of nitrogens with one attached hydrogen (secondary N) is 1. The van der Waals surface area contributed by atoms with Gasteiger partial charge in [-0.15, -0.1) is 0 Å². The topological polar surface area (TPSA) is 141 Å². The number of ether oxygens (including phenoxy) is 1. The minimum absolute atomic E-state index is 0.0477. The molecule has 4 heterocycles. The number of amides is 2. The van der Waals surface area contributed by atoms with Crippen LogP contribution < -0.4 is 11.1 Å². The van der Waals surface area contributed by atoms with Gasteiger partial charge in [0.1, 0.15) is 22.8 Å². The van der Waals surface area contributed by atoms with Gasteiger partial charge >= 0.3 is 12.1 Å². The van der Waals surface area contributed by atoms with E-state index in [-0.39, 0.29) is 29.1 Å². The number of oxazole rings is 1. The lowest BCUT2D eigenvalue weighted by Crippen LogP contribution is -2.43. The number of aryl methyl sites for hydroxylation is 1. The molecule has 5 rings (SSSR count). The van der Waals surface area contributed by atoms with Crippen LogP contribution in [0, 0.1) is 12.7 Å². The smallest absolute Gasteiger partial charge is 0.410 e. The minimum Gasteiger partial charge on any atom is -0.444 e. The molecule has 37 heavy (non-hydrogen) atoms. The fraction of sp³-hybridized carbons (Fsp3) is 0.400. The standard InChI is InChI=1S/C25H28FN7O4/c1-13-11-28-21(27)18-19(22(34)30-23-29-16-10-14(26)7-8-17(16)36-23)31-33(20(13)18)15-6-5-9-32(12-15)24(35)37-25(2,3)4/h7-8,10-11,15H,5-6,9,12H2,1-4H3,(H2,27,28)(H,29,30,34)/t15-/m1/s1. The number of halogens is 1. The monoisotopic (exact) mass is 509 g/mol. The molecule has 1 atom stereocenters. The van der Waals surface area contributed by atoms with Gasteiger partial charge in [-0.1, -0.05) is 0 Å². The molecular formula is C25H28FN7O4. The maximum absolute atomic E-state index is 13.5. The van der Waals surface area contributed by atoms with Crippen LogP contribution in [0.25, 0.3) is 22.0 Å². The number of hydrogen-bond donors (Lipinski definition) is 2. The van der Waals surface area contributed by atoms with Crippen LogP contribution in [0.2, 0.25) is 0 Å². The van der Waals surface area contributed by atoms with E-state index in [9.17, 15) is 14.0 Å². The zero-order chi connectivity index (χ0) is 26.5. The Labute approximate surface area is 211 Å². The Hall–Kier alpha value is -4.22. The first-order chi connectivity index (χ1) is 17.5. The number of pyridine rings is 1. The van der Waals surface area contributed by atoms with E-state index in [0.717, 1.165) is 18.4 Å². The summed E-state index contributed by atoms with van der Waals surface area (Å²) < 4.78 is 26.4. The van der Waals surface area contributed by atoms with Crippen LogP contribution in [-0.2, 0) is 4.74 Å². The van der Waals surface area contributed by atoms with Gasteiger partial charge in [0.05, 0.1) is 16.9 Å². The second-order valence-corrected chi connectivity index (χ2v) is 10.2. The molecule has 0 unspecified atom stereocenters. The number of nitrogens with zero attached hydrogens (tertiary/aromatic N) is 5. The highest BCUT2D eigenvalue weighted by Crippen LogP contribution is 2.32. The van der Waals surface area contributed by atoms with Crippen LogP contribution in [0.3, 0.4) is 0 Å². The Kier molecular flexibility index (Phi) is 5.97. The first-order valence-corrected chi connectivity index (χ1v) is 12.0.